The number of para-hydroxylation sites is 3. The second kappa shape index (κ2) is 10.5. The number of hydrogen-bond acceptors (Lipinski definition) is 3. The first-order chi connectivity index (χ1) is 24.8. The number of fused-ring (bicyclic) bond motifs is 11. The summed E-state index contributed by atoms with van der Waals surface area (Å²) in [6.45, 7) is 0. The third kappa shape index (κ3) is 3.92. The van der Waals surface area contributed by atoms with Crippen LogP contribution in [-0.4, -0.2) is 0 Å². The quantitative estimate of drug-likeness (QED) is 0.192. The first kappa shape index (κ1) is 27.4. The summed E-state index contributed by atoms with van der Waals surface area (Å²) in [5, 5.41) is 6.61. The average Bonchev–Trinajstić information content (AvgIpc) is 3.87. The van der Waals surface area contributed by atoms with E-state index in [1.54, 1.807) is 0 Å². The molecule has 0 fully saturated rings. The summed E-state index contributed by atoms with van der Waals surface area (Å²) in [4.78, 5) is 2.41. The van der Waals surface area contributed by atoms with Crippen LogP contribution in [0.15, 0.2) is 173 Å². The zero-order chi connectivity index (χ0) is 32.8. The zero-order valence-corrected chi connectivity index (χ0v) is 27.1. The highest BCUT2D eigenvalue weighted by Gasteiger charge is 2.25. The minimum absolute atomic E-state index is 0.856. The zero-order valence-electron chi connectivity index (χ0n) is 27.1. The van der Waals surface area contributed by atoms with E-state index in [4.69, 9.17) is 8.83 Å². The third-order valence-corrected chi connectivity index (χ3v) is 10.5. The van der Waals surface area contributed by atoms with Crippen LogP contribution in [0.25, 0.3) is 76.9 Å². The number of hydrogen-bond donors (Lipinski definition) is 0. The van der Waals surface area contributed by atoms with Crippen LogP contribution in [0.5, 0.6) is 0 Å². The topological polar surface area (TPSA) is 29.5 Å². The Balaban J connectivity index is 1.20. The van der Waals surface area contributed by atoms with Gasteiger partial charge in [0.15, 0.2) is 0 Å². The highest BCUT2D eigenvalue weighted by atomic mass is 16.3. The minimum atomic E-state index is 0.856. The van der Waals surface area contributed by atoms with E-state index in [0.29, 0.717) is 0 Å². The molecule has 0 radical (unpaired) electrons. The predicted octanol–water partition coefficient (Wildman–Crippen LogP) is 13.3. The Hall–Kier alpha value is -6.58. The molecule has 0 atom stereocenters. The molecule has 3 nitrogen and oxygen atoms in total. The predicted molar refractivity (Wildman–Crippen MR) is 207 cm³/mol. The van der Waals surface area contributed by atoms with E-state index in [9.17, 15) is 0 Å². The molecule has 3 heteroatoms. The van der Waals surface area contributed by atoms with E-state index in [-0.39, 0.29) is 0 Å². The molecule has 10 aromatic rings. The highest BCUT2D eigenvalue weighted by Crippen LogP contribution is 2.48. The van der Waals surface area contributed by atoms with Gasteiger partial charge < -0.3 is 13.7 Å². The van der Waals surface area contributed by atoms with Crippen molar-refractivity contribution in [1.82, 2.24) is 0 Å². The van der Waals surface area contributed by atoms with E-state index >= 15 is 0 Å². The van der Waals surface area contributed by atoms with Crippen LogP contribution in [0.1, 0.15) is 11.1 Å². The standard InChI is InChI=1S/C47H29NO2/c1-2-13-31(14-3-1)48(32-24-25-34-30(27-32)26-29-12-4-5-15-33(29)34)42-28-41-45-37(19-11-23-44(45)50-47(41)38-18-7-6-16-35(38)42)40-21-10-20-39-36-17-8-9-22-43(36)49-46(39)40/h1-25,27-28H,26H2. The Kier molecular flexibility index (Phi) is 5.73. The molecule has 1 aliphatic rings. The van der Waals surface area contributed by atoms with Gasteiger partial charge in [-0.3, -0.25) is 0 Å². The Morgan fingerprint density at radius 2 is 1.02 bits per heavy atom. The van der Waals surface area contributed by atoms with E-state index in [1.807, 2.05) is 12.1 Å². The van der Waals surface area contributed by atoms with Crippen molar-refractivity contribution in [3.63, 3.8) is 0 Å². The molecule has 0 N–H and O–H groups in total. The molecule has 234 valence electrons. The van der Waals surface area contributed by atoms with Crippen LogP contribution >= 0.6 is 0 Å². The van der Waals surface area contributed by atoms with Crippen molar-refractivity contribution in [2.75, 3.05) is 4.90 Å². The lowest BCUT2D eigenvalue weighted by atomic mass is 9.95. The molecule has 0 bridgehead atoms. The van der Waals surface area contributed by atoms with Crippen molar-refractivity contribution in [3.8, 4) is 22.3 Å². The lowest BCUT2D eigenvalue weighted by Crippen LogP contribution is -2.11. The van der Waals surface area contributed by atoms with E-state index in [2.05, 4.69) is 157 Å². The molecular formula is C47H29NO2. The van der Waals surface area contributed by atoms with E-state index < -0.39 is 0 Å². The minimum Gasteiger partial charge on any atom is -0.455 e. The molecule has 2 heterocycles. The summed E-state index contributed by atoms with van der Waals surface area (Å²) >= 11 is 0. The summed E-state index contributed by atoms with van der Waals surface area (Å²) in [5.74, 6) is 0. The van der Waals surface area contributed by atoms with Crippen molar-refractivity contribution in [1.29, 1.82) is 0 Å². The average molecular weight is 640 g/mol. The lowest BCUT2D eigenvalue weighted by molar-refractivity contribution is 0.670. The van der Waals surface area contributed by atoms with Gasteiger partial charge in [-0.15, -0.1) is 0 Å². The van der Waals surface area contributed by atoms with Gasteiger partial charge in [0.2, 0.25) is 0 Å². The molecule has 0 spiro atoms. The molecule has 2 aromatic heterocycles. The summed E-state index contributed by atoms with van der Waals surface area (Å²) in [6, 6.07) is 58.5. The smallest absolute Gasteiger partial charge is 0.143 e. The fourth-order valence-corrected chi connectivity index (χ4v) is 8.27. The number of rotatable bonds is 4. The molecule has 0 saturated carbocycles. The molecule has 1 aliphatic carbocycles. The molecule has 0 unspecified atom stereocenters. The van der Waals surface area contributed by atoms with Gasteiger partial charge in [0.25, 0.3) is 0 Å². The van der Waals surface area contributed by atoms with Gasteiger partial charge in [0, 0.05) is 49.3 Å². The van der Waals surface area contributed by atoms with Crippen molar-refractivity contribution in [2.45, 2.75) is 6.42 Å². The van der Waals surface area contributed by atoms with Gasteiger partial charge in [-0.05, 0) is 76.7 Å². The molecule has 11 rings (SSSR count). The first-order valence-corrected chi connectivity index (χ1v) is 17.1. The van der Waals surface area contributed by atoms with E-state index in [0.717, 1.165) is 89.3 Å². The molecular weight excluding hydrogens is 611 g/mol. The fourth-order valence-electron chi connectivity index (χ4n) is 8.27. The van der Waals surface area contributed by atoms with Gasteiger partial charge in [0.05, 0.1) is 5.69 Å². The normalized spacial score (nSPS) is 12.3. The van der Waals surface area contributed by atoms with Gasteiger partial charge in [0.1, 0.15) is 22.3 Å². The molecule has 0 aliphatic heterocycles. The molecule has 0 saturated heterocycles. The van der Waals surface area contributed by atoms with Crippen LogP contribution in [0, 0.1) is 0 Å². The number of nitrogens with zero attached hydrogens (tertiary/aromatic N) is 1. The van der Waals surface area contributed by atoms with Gasteiger partial charge in [-0.25, -0.2) is 0 Å². The van der Waals surface area contributed by atoms with Crippen LogP contribution < -0.4 is 4.90 Å². The lowest BCUT2D eigenvalue weighted by Gasteiger charge is -2.27. The van der Waals surface area contributed by atoms with Crippen LogP contribution in [0.4, 0.5) is 17.1 Å². The van der Waals surface area contributed by atoms with Crippen LogP contribution in [-0.2, 0) is 6.42 Å². The summed E-state index contributed by atoms with van der Waals surface area (Å²) in [5.41, 5.74) is 14.4. The Labute approximate surface area is 288 Å². The number of benzene rings is 8. The van der Waals surface area contributed by atoms with Gasteiger partial charge in [-0.2, -0.15) is 0 Å². The fraction of sp³-hybridized carbons (Fsp3) is 0.0213. The maximum atomic E-state index is 6.79. The maximum absolute atomic E-state index is 6.79. The Bertz CT molecular complexity index is 2970. The Morgan fingerprint density at radius 3 is 1.94 bits per heavy atom. The van der Waals surface area contributed by atoms with Crippen LogP contribution in [0.2, 0.25) is 0 Å². The monoisotopic (exact) mass is 639 g/mol. The first-order valence-electron chi connectivity index (χ1n) is 17.1. The largest absolute Gasteiger partial charge is 0.455 e. The summed E-state index contributed by atoms with van der Waals surface area (Å²) < 4.78 is 13.3. The van der Waals surface area contributed by atoms with Crippen molar-refractivity contribution < 1.29 is 8.83 Å². The van der Waals surface area contributed by atoms with Crippen LogP contribution in [0.3, 0.4) is 0 Å². The SMILES string of the molecule is c1ccc(N(c2ccc3c(c2)Cc2ccccc2-3)c2cc3c(oc4cccc(-c5cccc6c5oc5ccccc56)c43)c3ccccc23)cc1. The summed E-state index contributed by atoms with van der Waals surface area (Å²) in [7, 11) is 0. The molecule has 8 aromatic carbocycles. The summed E-state index contributed by atoms with van der Waals surface area (Å²) in [6.07, 6.45) is 0.935. The van der Waals surface area contributed by atoms with Gasteiger partial charge >= 0.3 is 0 Å². The molecule has 0 amide bonds. The molecule has 50 heavy (non-hydrogen) atoms. The highest BCUT2D eigenvalue weighted by molar-refractivity contribution is 6.24. The van der Waals surface area contributed by atoms with Gasteiger partial charge in [-0.1, -0.05) is 121 Å². The van der Waals surface area contributed by atoms with Crippen molar-refractivity contribution >= 4 is 71.7 Å². The van der Waals surface area contributed by atoms with Crippen molar-refractivity contribution in [2.24, 2.45) is 0 Å². The number of anilines is 3. The third-order valence-electron chi connectivity index (χ3n) is 10.5. The Morgan fingerprint density at radius 1 is 0.380 bits per heavy atom. The van der Waals surface area contributed by atoms with Crippen molar-refractivity contribution in [3.05, 3.63) is 175 Å². The second-order valence-corrected chi connectivity index (χ2v) is 13.2. The maximum Gasteiger partial charge on any atom is 0.143 e. The second-order valence-electron chi connectivity index (χ2n) is 13.2. The number of furan rings is 2. The van der Waals surface area contributed by atoms with E-state index in [1.165, 1.54) is 22.3 Å².